The second kappa shape index (κ2) is 4.54. The van der Waals surface area contributed by atoms with Crippen molar-refractivity contribution in [1.82, 2.24) is 10.3 Å². The molecule has 1 N–H and O–H groups in total. The summed E-state index contributed by atoms with van der Waals surface area (Å²) in [7, 11) is 0. The van der Waals surface area contributed by atoms with Crippen LogP contribution in [0.1, 0.15) is 42.5 Å². The normalized spacial score (nSPS) is 38.0. The molecule has 3 aliphatic rings. The van der Waals surface area contributed by atoms with Crippen LogP contribution in [0.2, 0.25) is 0 Å². The van der Waals surface area contributed by atoms with Crippen molar-refractivity contribution in [2.24, 2.45) is 23.7 Å². The van der Waals surface area contributed by atoms with Crippen LogP contribution in [-0.2, 0) is 0 Å². The Bertz CT molecular complexity index is 547. The number of fused-ring (bicyclic) bond motifs is 5. The van der Waals surface area contributed by atoms with Crippen molar-refractivity contribution in [3.05, 3.63) is 29.8 Å². The van der Waals surface area contributed by atoms with Gasteiger partial charge in [-0.2, -0.15) is 0 Å². The zero-order chi connectivity index (χ0) is 13.7. The Kier molecular flexibility index (Phi) is 2.79. The maximum Gasteiger partial charge on any atom is 0.254 e. The molecule has 5 atom stereocenters. The van der Waals surface area contributed by atoms with Gasteiger partial charge in [0.2, 0.25) is 0 Å². The van der Waals surface area contributed by atoms with Crippen LogP contribution < -0.4 is 5.32 Å². The van der Waals surface area contributed by atoms with Crippen LogP contribution in [0.15, 0.2) is 18.5 Å². The minimum Gasteiger partial charge on any atom is -0.349 e. The Morgan fingerprint density at radius 1 is 1.25 bits per heavy atom. The average Bonchev–Trinajstić information content (AvgIpc) is 3.10. The van der Waals surface area contributed by atoms with E-state index in [1.54, 1.807) is 0 Å². The molecule has 20 heavy (non-hydrogen) atoms. The van der Waals surface area contributed by atoms with Crippen LogP contribution in [0.3, 0.4) is 0 Å². The van der Waals surface area contributed by atoms with Crippen LogP contribution >= 0.6 is 0 Å². The summed E-state index contributed by atoms with van der Waals surface area (Å²) < 4.78 is 13.6. The number of rotatable bonds is 2. The van der Waals surface area contributed by atoms with Gasteiger partial charge in [0.15, 0.2) is 5.82 Å². The molecule has 0 saturated heterocycles. The molecule has 3 saturated carbocycles. The molecule has 1 heterocycles. The predicted octanol–water partition coefficient (Wildman–Crippen LogP) is 2.78. The first-order valence-electron chi connectivity index (χ1n) is 7.64. The Hall–Kier alpha value is -1.45. The lowest BCUT2D eigenvalue weighted by Crippen LogP contribution is -2.42. The second-order valence-electron chi connectivity index (χ2n) is 6.59. The van der Waals surface area contributed by atoms with Crippen LogP contribution in [0.4, 0.5) is 4.39 Å². The van der Waals surface area contributed by atoms with E-state index in [0.29, 0.717) is 5.92 Å². The summed E-state index contributed by atoms with van der Waals surface area (Å²) in [6.07, 6.45) is 8.97. The molecule has 3 fully saturated rings. The Labute approximate surface area is 118 Å². The largest absolute Gasteiger partial charge is 0.349 e. The lowest BCUT2D eigenvalue weighted by molar-refractivity contribution is 0.0897. The van der Waals surface area contributed by atoms with Crippen LogP contribution in [0.25, 0.3) is 0 Å². The lowest BCUT2D eigenvalue weighted by Gasteiger charge is -2.32. The van der Waals surface area contributed by atoms with Crippen molar-refractivity contribution in [2.75, 3.05) is 0 Å². The van der Waals surface area contributed by atoms with Gasteiger partial charge in [-0.15, -0.1) is 0 Å². The van der Waals surface area contributed by atoms with Crippen LogP contribution in [0, 0.1) is 29.5 Å². The van der Waals surface area contributed by atoms with Crippen LogP contribution in [0.5, 0.6) is 0 Å². The monoisotopic (exact) mass is 274 g/mol. The summed E-state index contributed by atoms with van der Waals surface area (Å²) in [6, 6.07) is 1.70. The smallest absolute Gasteiger partial charge is 0.254 e. The molecule has 3 aliphatic carbocycles. The van der Waals surface area contributed by atoms with E-state index < -0.39 is 5.82 Å². The molecule has 0 spiro atoms. The molecule has 4 rings (SSSR count). The topological polar surface area (TPSA) is 42.0 Å². The van der Waals surface area contributed by atoms with Gasteiger partial charge >= 0.3 is 0 Å². The highest BCUT2D eigenvalue weighted by Gasteiger charge is 2.54. The number of nitrogens with zero attached hydrogens (tertiary/aromatic N) is 1. The maximum absolute atomic E-state index is 13.6. The van der Waals surface area contributed by atoms with Crippen molar-refractivity contribution in [2.45, 2.75) is 38.1 Å². The van der Waals surface area contributed by atoms with E-state index in [0.717, 1.165) is 30.4 Å². The number of hydrogen-bond donors (Lipinski definition) is 1. The molecule has 1 amide bonds. The molecular weight excluding hydrogens is 255 g/mol. The third-order valence-corrected chi connectivity index (χ3v) is 5.76. The number of carbonyl (C=O) groups excluding carboxylic acids is 1. The van der Waals surface area contributed by atoms with Crippen molar-refractivity contribution >= 4 is 5.91 Å². The fraction of sp³-hybridized carbons (Fsp3) is 0.625. The second-order valence-corrected chi connectivity index (χ2v) is 6.59. The average molecular weight is 274 g/mol. The molecule has 0 aromatic carbocycles. The number of halogens is 1. The summed E-state index contributed by atoms with van der Waals surface area (Å²) in [6.45, 7) is 0. The molecule has 4 heteroatoms. The van der Waals surface area contributed by atoms with E-state index in [-0.39, 0.29) is 17.5 Å². The SMILES string of the molecule is O=C(NC1CC2CC1C1CCCC21)c1ccncc1F. The van der Waals surface area contributed by atoms with Gasteiger partial charge in [0.1, 0.15) is 0 Å². The zero-order valence-corrected chi connectivity index (χ0v) is 11.4. The van der Waals surface area contributed by atoms with Gasteiger partial charge in [0.25, 0.3) is 5.91 Å². The van der Waals surface area contributed by atoms with E-state index in [9.17, 15) is 9.18 Å². The summed E-state index contributed by atoms with van der Waals surface area (Å²) in [4.78, 5) is 15.9. The first kappa shape index (κ1) is 12.3. The Balaban J connectivity index is 1.48. The van der Waals surface area contributed by atoms with Crippen molar-refractivity contribution in [1.29, 1.82) is 0 Å². The summed E-state index contributed by atoms with van der Waals surface area (Å²) >= 11 is 0. The highest BCUT2D eigenvalue weighted by Crippen LogP contribution is 2.58. The molecule has 1 aromatic rings. The molecule has 2 bridgehead atoms. The number of aromatic nitrogens is 1. The standard InChI is InChI=1S/C16H19FN2O/c17-14-8-18-5-4-12(14)16(20)19-15-7-9-6-13(15)11-3-1-2-10(9)11/h4-5,8-11,13,15H,1-3,6-7H2,(H,19,20). The number of pyridine rings is 1. The Morgan fingerprint density at radius 2 is 2.10 bits per heavy atom. The first-order chi connectivity index (χ1) is 9.74. The maximum atomic E-state index is 13.6. The highest BCUT2D eigenvalue weighted by molar-refractivity contribution is 5.94. The van der Waals surface area contributed by atoms with Crippen LogP contribution in [-0.4, -0.2) is 16.9 Å². The number of nitrogens with one attached hydrogen (secondary N) is 1. The van der Waals surface area contributed by atoms with Crippen molar-refractivity contribution in [3.63, 3.8) is 0 Å². The fourth-order valence-corrected chi connectivity index (χ4v) is 5.04. The van der Waals surface area contributed by atoms with Gasteiger partial charge in [-0.1, -0.05) is 6.42 Å². The van der Waals surface area contributed by atoms with E-state index >= 15 is 0 Å². The first-order valence-corrected chi connectivity index (χ1v) is 7.64. The van der Waals surface area contributed by atoms with Crippen molar-refractivity contribution < 1.29 is 9.18 Å². The van der Waals surface area contributed by atoms with Gasteiger partial charge < -0.3 is 5.32 Å². The quantitative estimate of drug-likeness (QED) is 0.901. The van der Waals surface area contributed by atoms with Gasteiger partial charge in [-0.3, -0.25) is 9.78 Å². The lowest BCUT2D eigenvalue weighted by atomic mass is 9.79. The third-order valence-electron chi connectivity index (χ3n) is 5.76. The summed E-state index contributed by atoms with van der Waals surface area (Å²) in [5, 5.41) is 3.07. The van der Waals surface area contributed by atoms with E-state index in [2.05, 4.69) is 10.3 Å². The molecule has 1 aromatic heterocycles. The minimum absolute atomic E-state index is 0.116. The molecule has 0 radical (unpaired) electrons. The molecule has 0 aliphatic heterocycles. The minimum atomic E-state index is -0.535. The van der Waals surface area contributed by atoms with Gasteiger partial charge in [-0.25, -0.2) is 4.39 Å². The zero-order valence-electron chi connectivity index (χ0n) is 11.4. The molecule has 106 valence electrons. The fourth-order valence-electron chi connectivity index (χ4n) is 5.04. The predicted molar refractivity (Wildman–Crippen MR) is 72.5 cm³/mol. The van der Waals surface area contributed by atoms with E-state index in [4.69, 9.17) is 0 Å². The summed E-state index contributed by atoms with van der Waals surface area (Å²) in [5.41, 5.74) is 0.116. The van der Waals surface area contributed by atoms with E-state index in [1.807, 2.05) is 0 Å². The molecular formula is C16H19FN2O. The molecule has 3 nitrogen and oxygen atoms in total. The summed E-state index contributed by atoms with van der Waals surface area (Å²) in [5.74, 6) is 2.32. The third kappa shape index (κ3) is 1.77. The van der Waals surface area contributed by atoms with Gasteiger partial charge in [0, 0.05) is 12.2 Å². The number of hydrogen-bond acceptors (Lipinski definition) is 2. The highest BCUT2D eigenvalue weighted by atomic mass is 19.1. The van der Waals surface area contributed by atoms with Gasteiger partial charge in [-0.05, 0) is 55.4 Å². The molecule has 5 unspecified atom stereocenters. The number of carbonyl (C=O) groups is 1. The van der Waals surface area contributed by atoms with Crippen molar-refractivity contribution in [3.8, 4) is 0 Å². The Morgan fingerprint density at radius 3 is 2.95 bits per heavy atom. The van der Waals surface area contributed by atoms with E-state index in [1.165, 1.54) is 37.9 Å². The number of amides is 1. The van der Waals surface area contributed by atoms with Gasteiger partial charge in [0.05, 0.1) is 11.8 Å².